The second-order valence-corrected chi connectivity index (χ2v) is 13.0. The number of para-hydroxylation sites is 2. The highest BCUT2D eigenvalue weighted by atomic mass is 15.0. The lowest BCUT2D eigenvalue weighted by Gasteiger charge is -2.16. The summed E-state index contributed by atoms with van der Waals surface area (Å²) in [5, 5.41) is 2.50. The van der Waals surface area contributed by atoms with E-state index in [0.717, 1.165) is 28.3 Å². The normalized spacial score (nSPS) is 13.4. The molecule has 0 N–H and O–H groups in total. The van der Waals surface area contributed by atoms with E-state index in [0.29, 0.717) is 0 Å². The Morgan fingerprint density at radius 3 is 1.68 bits per heavy atom. The van der Waals surface area contributed by atoms with Crippen LogP contribution in [0.4, 0.5) is 0 Å². The molecule has 0 amide bonds. The number of rotatable bonds is 5. The number of fused-ring (bicyclic) bond motifs is 6. The summed E-state index contributed by atoms with van der Waals surface area (Å²) in [7, 11) is 0. The first-order chi connectivity index (χ1) is 24.8. The maximum absolute atomic E-state index is 5.27. The van der Waals surface area contributed by atoms with Gasteiger partial charge in [0.15, 0.2) is 0 Å². The molecule has 7 aromatic carbocycles. The van der Waals surface area contributed by atoms with Crippen molar-refractivity contribution in [3.05, 3.63) is 199 Å². The van der Waals surface area contributed by atoms with Crippen LogP contribution in [0.5, 0.6) is 0 Å². The summed E-state index contributed by atoms with van der Waals surface area (Å²) in [6.07, 6.45) is 0. The lowest BCUT2D eigenvalue weighted by atomic mass is 9.93. The van der Waals surface area contributed by atoms with E-state index in [2.05, 4.69) is 174 Å². The predicted octanol–water partition coefficient (Wildman–Crippen LogP) is 11.7. The van der Waals surface area contributed by atoms with Gasteiger partial charge in [0.2, 0.25) is 0 Å². The van der Waals surface area contributed by atoms with Crippen molar-refractivity contribution in [2.45, 2.75) is 5.92 Å². The van der Waals surface area contributed by atoms with Gasteiger partial charge in [-0.2, -0.15) is 0 Å². The van der Waals surface area contributed by atoms with Crippen LogP contribution in [-0.4, -0.2) is 14.5 Å². The van der Waals surface area contributed by atoms with Crippen LogP contribution >= 0.6 is 0 Å². The Labute approximate surface area is 290 Å². The SMILES string of the molecule is c1ccc(-c2cc(-c3ccccc3)nc(C3c4ccccc4-c4cc(-c5ccc6c(c5)c5ccccc5n6-c5ccccc5)ccc43)n2)cc1. The summed E-state index contributed by atoms with van der Waals surface area (Å²) in [6, 6.07) is 64.9. The van der Waals surface area contributed by atoms with E-state index < -0.39 is 0 Å². The molecule has 2 heterocycles. The molecule has 1 unspecified atom stereocenters. The minimum Gasteiger partial charge on any atom is -0.309 e. The molecule has 3 heteroatoms. The highest BCUT2D eigenvalue weighted by Gasteiger charge is 2.32. The van der Waals surface area contributed by atoms with Crippen molar-refractivity contribution < 1.29 is 0 Å². The zero-order chi connectivity index (χ0) is 33.0. The van der Waals surface area contributed by atoms with Gasteiger partial charge in [0, 0.05) is 27.6 Å². The van der Waals surface area contributed by atoms with Gasteiger partial charge < -0.3 is 4.57 Å². The molecule has 1 aliphatic rings. The number of hydrogen-bond acceptors (Lipinski definition) is 2. The second-order valence-electron chi connectivity index (χ2n) is 13.0. The van der Waals surface area contributed by atoms with Crippen molar-refractivity contribution in [3.63, 3.8) is 0 Å². The van der Waals surface area contributed by atoms with Crippen LogP contribution < -0.4 is 0 Å². The van der Waals surface area contributed by atoms with Crippen molar-refractivity contribution in [3.8, 4) is 50.5 Å². The third-order valence-electron chi connectivity index (χ3n) is 10.1. The third kappa shape index (κ3) is 4.59. The first kappa shape index (κ1) is 28.4. The number of aromatic nitrogens is 3. The number of hydrogen-bond donors (Lipinski definition) is 0. The van der Waals surface area contributed by atoms with E-state index >= 15 is 0 Å². The molecule has 9 aromatic rings. The molecule has 0 aliphatic heterocycles. The molecule has 50 heavy (non-hydrogen) atoms. The van der Waals surface area contributed by atoms with E-state index in [4.69, 9.17) is 9.97 Å². The first-order valence-electron chi connectivity index (χ1n) is 17.1. The molecule has 1 aliphatic carbocycles. The summed E-state index contributed by atoms with van der Waals surface area (Å²) in [5.74, 6) is 0.743. The summed E-state index contributed by atoms with van der Waals surface area (Å²) in [6.45, 7) is 0. The molecule has 0 bridgehead atoms. The fourth-order valence-electron chi connectivity index (χ4n) is 7.78. The van der Waals surface area contributed by atoms with E-state index in [1.165, 1.54) is 60.9 Å². The fraction of sp³-hybridized carbons (Fsp3) is 0.0213. The summed E-state index contributed by atoms with van der Waals surface area (Å²) >= 11 is 0. The molecule has 234 valence electrons. The Kier molecular flexibility index (Phi) is 6.56. The van der Waals surface area contributed by atoms with Gasteiger partial charge >= 0.3 is 0 Å². The summed E-state index contributed by atoms with van der Waals surface area (Å²) in [4.78, 5) is 10.5. The van der Waals surface area contributed by atoms with Gasteiger partial charge in [0.25, 0.3) is 0 Å². The Balaban J connectivity index is 1.13. The van der Waals surface area contributed by atoms with Gasteiger partial charge in [-0.1, -0.05) is 140 Å². The smallest absolute Gasteiger partial charge is 0.141 e. The van der Waals surface area contributed by atoms with Crippen LogP contribution in [0.3, 0.4) is 0 Å². The monoisotopic (exact) mass is 637 g/mol. The Hall–Kier alpha value is -6.58. The molecule has 0 saturated carbocycles. The average Bonchev–Trinajstić information content (AvgIpc) is 3.71. The second kappa shape index (κ2) is 11.5. The zero-order valence-electron chi connectivity index (χ0n) is 27.2. The van der Waals surface area contributed by atoms with Crippen LogP contribution in [-0.2, 0) is 0 Å². The largest absolute Gasteiger partial charge is 0.309 e. The van der Waals surface area contributed by atoms with Gasteiger partial charge in [-0.3, -0.25) is 0 Å². The molecule has 0 radical (unpaired) electrons. The van der Waals surface area contributed by atoms with Crippen LogP contribution in [0, 0.1) is 0 Å². The van der Waals surface area contributed by atoms with Gasteiger partial charge in [-0.05, 0) is 75.8 Å². The van der Waals surface area contributed by atoms with Crippen LogP contribution in [0.2, 0.25) is 0 Å². The molecule has 0 spiro atoms. The molecule has 3 nitrogen and oxygen atoms in total. The summed E-state index contributed by atoms with van der Waals surface area (Å²) < 4.78 is 2.37. The third-order valence-corrected chi connectivity index (χ3v) is 10.1. The lowest BCUT2D eigenvalue weighted by molar-refractivity contribution is 0.879. The van der Waals surface area contributed by atoms with Crippen molar-refractivity contribution in [2.75, 3.05) is 0 Å². The molecule has 1 atom stereocenters. The number of nitrogens with zero attached hydrogens (tertiary/aromatic N) is 3. The first-order valence-corrected chi connectivity index (χ1v) is 17.1. The Bertz CT molecular complexity index is 2640. The fourth-order valence-corrected chi connectivity index (χ4v) is 7.78. The van der Waals surface area contributed by atoms with Crippen molar-refractivity contribution in [2.24, 2.45) is 0 Å². The Morgan fingerprint density at radius 2 is 0.940 bits per heavy atom. The van der Waals surface area contributed by atoms with Crippen molar-refractivity contribution >= 4 is 21.8 Å². The van der Waals surface area contributed by atoms with E-state index in [-0.39, 0.29) is 5.92 Å². The molecule has 0 saturated heterocycles. The topological polar surface area (TPSA) is 30.7 Å². The van der Waals surface area contributed by atoms with Gasteiger partial charge in [0.05, 0.1) is 28.3 Å². The van der Waals surface area contributed by atoms with Crippen molar-refractivity contribution in [1.82, 2.24) is 14.5 Å². The zero-order valence-corrected chi connectivity index (χ0v) is 27.2. The van der Waals surface area contributed by atoms with E-state index in [1.54, 1.807) is 0 Å². The van der Waals surface area contributed by atoms with Gasteiger partial charge in [0.1, 0.15) is 5.82 Å². The maximum atomic E-state index is 5.27. The predicted molar refractivity (Wildman–Crippen MR) is 206 cm³/mol. The van der Waals surface area contributed by atoms with Gasteiger partial charge in [-0.15, -0.1) is 0 Å². The van der Waals surface area contributed by atoms with Crippen LogP contribution in [0.25, 0.3) is 72.3 Å². The molecular formula is C47H31N3. The van der Waals surface area contributed by atoms with Gasteiger partial charge in [-0.25, -0.2) is 9.97 Å². The standard InChI is InChI=1S/C47H31N3/c1-4-14-31(15-5-1)42-30-43(32-16-6-2-7-17-32)49-47(48-42)46-38-22-11-10-20-36(38)40-28-33(24-26-39(40)46)34-25-27-45-41(29-34)37-21-12-13-23-44(37)50(45)35-18-8-3-9-19-35/h1-30,46H. The molecule has 10 rings (SSSR count). The lowest BCUT2D eigenvalue weighted by Crippen LogP contribution is -2.07. The minimum absolute atomic E-state index is 0.0762. The molecular weight excluding hydrogens is 607 g/mol. The average molecular weight is 638 g/mol. The Morgan fingerprint density at radius 1 is 0.380 bits per heavy atom. The van der Waals surface area contributed by atoms with E-state index in [9.17, 15) is 0 Å². The molecule has 0 fully saturated rings. The van der Waals surface area contributed by atoms with Crippen LogP contribution in [0.1, 0.15) is 22.9 Å². The maximum Gasteiger partial charge on any atom is 0.141 e. The highest BCUT2D eigenvalue weighted by Crippen LogP contribution is 2.49. The van der Waals surface area contributed by atoms with E-state index in [1.807, 2.05) is 12.1 Å². The van der Waals surface area contributed by atoms with Crippen LogP contribution in [0.15, 0.2) is 182 Å². The highest BCUT2D eigenvalue weighted by molar-refractivity contribution is 6.10. The number of benzene rings is 7. The quantitative estimate of drug-likeness (QED) is 0.188. The summed E-state index contributed by atoms with van der Waals surface area (Å²) in [5.41, 5.74) is 15.0. The minimum atomic E-state index is -0.0762. The van der Waals surface area contributed by atoms with Crippen molar-refractivity contribution in [1.29, 1.82) is 0 Å². The molecule has 2 aromatic heterocycles.